The van der Waals surface area contributed by atoms with Crippen molar-refractivity contribution in [2.75, 3.05) is 7.15 Å². The van der Waals surface area contributed by atoms with Gasteiger partial charge in [-0.3, -0.25) is 4.39 Å². The zero-order valence-corrected chi connectivity index (χ0v) is 22.7. The van der Waals surface area contributed by atoms with Crippen molar-refractivity contribution >= 4 is 31.9 Å². The Morgan fingerprint density at radius 3 is 1.94 bits per heavy atom. The van der Waals surface area contributed by atoms with Crippen LogP contribution in [0.15, 0.2) is 57.7 Å². The van der Waals surface area contributed by atoms with E-state index in [0.717, 1.165) is 33.2 Å². The Balaban J connectivity index is 0.000000530. The Bertz CT molecular complexity index is 1340. The van der Waals surface area contributed by atoms with Gasteiger partial charge in [-0.25, -0.2) is 14.4 Å². The number of rotatable bonds is 1. The third-order valence-corrected chi connectivity index (χ3v) is 5.21. The molecule has 0 saturated carbocycles. The molecule has 190 valence electrons. The first kappa shape index (κ1) is 30.7. The maximum atomic E-state index is 12.5. The molecule has 0 aliphatic heterocycles. The molecule has 0 aliphatic rings. The van der Waals surface area contributed by atoms with Crippen LogP contribution < -0.4 is 0 Å². The highest BCUT2D eigenvalue weighted by Gasteiger charge is 2.08. The van der Waals surface area contributed by atoms with Crippen LogP contribution in [-0.4, -0.2) is 26.7 Å². The lowest BCUT2D eigenvalue weighted by molar-refractivity contribution is 0.623. The first-order valence-electron chi connectivity index (χ1n) is 10.7. The van der Waals surface area contributed by atoms with Gasteiger partial charge < -0.3 is 9.55 Å². The molecule has 6 nitrogen and oxygen atoms in total. The molecular formula is C26H28Br2F2N6. The smallest absolute Gasteiger partial charge is 0.141 e. The van der Waals surface area contributed by atoms with Crippen molar-refractivity contribution in [1.29, 1.82) is 10.5 Å². The van der Waals surface area contributed by atoms with Crippen LogP contribution in [0.3, 0.4) is 0 Å². The predicted octanol–water partition coefficient (Wildman–Crippen LogP) is 7.83. The molecular weight excluding hydrogens is 594 g/mol. The second-order valence-electron chi connectivity index (χ2n) is 6.96. The lowest BCUT2D eigenvalue weighted by atomic mass is 10.2. The fourth-order valence-electron chi connectivity index (χ4n) is 2.80. The van der Waals surface area contributed by atoms with Gasteiger partial charge in [-0.2, -0.15) is 10.5 Å². The molecule has 2 heterocycles. The topological polar surface area (TPSA) is 94.1 Å². The Morgan fingerprint density at radius 1 is 1.00 bits per heavy atom. The van der Waals surface area contributed by atoms with E-state index in [1.807, 2.05) is 62.9 Å². The number of aromatic nitrogens is 4. The Morgan fingerprint density at radius 2 is 1.56 bits per heavy atom. The fourth-order valence-corrected chi connectivity index (χ4v) is 3.52. The number of aryl methyl sites for hydroxylation is 4. The van der Waals surface area contributed by atoms with Crippen LogP contribution in [0, 0.1) is 56.2 Å². The van der Waals surface area contributed by atoms with Crippen LogP contribution in [-0.2, 0) is 0 Å². The summed E-state index contributed by atoms with van der Waals surface area (Å²) in [5.74, 6) is 1.39. The van der Waals surface area contributed by atoms with Gasteiger partial charge in [0.25, 0.3) is 0 Å². The Kier molecular flexibility index (Phi) is 13.9. The first-order chi connectivity index (χ1) is 17.1. The van der Waals surface area contributed by atoms with Crippen molar-refractivity contribution in [3.05, 3.63) is 97.7 Å². The maximum absolute atomic E-state index is 12.5. The van der Waals surface area contributed by atoms with E-state index in [-0.39, 0.29) is 13.0 Å². The number of imidazole rings is 2. The van der Waals surface area contributed by atoms with Crippen molar-refractivity contribution in [3.63, 3.8) is 0 Å². The van der Waals surface area contributed by atoms with E-state index in [2.05, 4.69) is 52.9 Å². The SMILES string of the molecule is C.Cc1cn(-c2ccc(Br)cc2C#N)c(C)n1.Cc1cnc(C)[nH]1.N#Cc1cc(Br)ccc1F.[2H]CF. The van der Waals surface area contributed by atoms with Gasteiger partial charge in [0.2, 0.25) is 0 Å². The van der Waals surface area contributed by atoms with Gasteiger partial charge in [0.1, 0.15) is 29.6 Å². The van der Waals surface area contributed by atoms with Crippen LogP contribution in [0.4, 0.5) is 8.78 Å². The molecule has 0 saturated heterocycles. The predicted molar refractivity (Wildman–Crippen MR) is 146 cm³/mol. The largest absolute Gasteiger partial charge is 0.346 e. The van der Waals surface area contributed by atoms with Gasteiger partial charge in [0.15, 0.2) is 0 Å². The second-order valence-corrected chi connectivity index (χ2v) is 8.79. The van der Waals surface area contributed by atoms with Crippen molar-refractivity contribution in [2.45, 2.75) is 35.1 Å². The quantitative estimate of drug-likeness (QED) is 0.234. The fraction of sp³-hybridized carbons (Fsp3) is 0.231. The number of nitriles is 2. The number of aromatic amines is 1. The van der Waals surface area contributed by atoms with Crippen molar-refractivity contribution in [1.82, 2.24) is 19.5 Å². The molecule has 0 aliphatic carbocycles. The maximum Gasteiger partial charge on any atom is 0.141 e. The van der Waals surface area contributed by atoms with Crippen LogP contribution in [0.2, 0.25) is 0 Å². The summed E-state index contributed by atoms with van der Waals surface area (Å²) in [6.45, 7) is 7.79. The number of nitrogens with zero attached hydrogens (tertiary/aromatic N) is 5. The minimum Gasteiger partial charge on any atom is -0.346 e. The summed E-state index contributed by atoms with van der Waals surface area (Å²) in [5, 5.41) is 17.4. The number of H-pyrrole nitrogens is 1. The van der Waals surface area contributed by atoms with E-state index in [4.69, 9.17) is 11.9 Å². The number of benzene rings is 2. The highest BCUT2D eigenvalue weighted by Crippen LogP contribution is 2.21. The average Bonchev–Trinajstić information content (AvgIpc) is 3.38. The molecule has 0 spiro atoms. The summed E-state index contributed by atoms with van der Waals surface area (Å²) < 4.78 is 31.6. The van der Waals surface area contributed by atoms with Gasteiger partial charge in [-0.05, 0) is 64.1 Å². The monoisotopic (exact) mass is 621 g/mol. The minimum absolute atomic E-state index is 0. The Hall–Kier alpha value is -3.34. The van der Waals surface area contributed by atoms with E-state index < -0.39 is 13.0 Å². The molecule has 0 amide bonds. The summed E-state index contributed by atoms with van der Waals surface area (Å²) in [4.78, 5) is 11.3. The molecule has 0 unspecified atom stereocenters. The van der Waals surface area contributed by atoms with Crippen LogP contribution in [0.5, 0.6) is 0 Å². The second kappa shape index (κ2) is 16.4. The van der Waals surface area contributed by atoms with Crippen molar-refractivity contribution in [3.8, 4) is 17.8 Å². The molecule has 36 heavy (non-hydrogen) atoms. The number of hydrogen-bond donors (Lipinski definition) is 1. The van der Waals surface area contributed by atoms with Crippen molar-refractivity contribution in [2.24, 2.45) is 0 Å². The molecule has 1 N–H and O–H groups in total. The highest BCUT2D eigenvalue weighted by atomic mass is 79.9. The standard InChI is InChI=1S/C12H10BrN3.C7H3BrFN.C5H8N2.CH3F.CH4/c1-8-7-16(9(2)15-8)12-4-3-11(13)5-10(12)6-14;8-6-1-2-7(9)5(3-6)4-10;1-4-3-6-5(2)7-4;1-2;/h3-5,7H,1-2H3;1-3H;3H,1-2H3,(H,6,7);1H3;1H4/i;;;1D;. The summed E-state index contributed by atoms with van der Waals surface area (Å²) in [6.07, 6.45) is 3.74. The van der Waals surface area contributed by atoms with Crippen molar-refractivity contribution < 1.29 is 10.2 Å². The number of halogens is 4. The van der Waals surface area contributed by atoms with E-state index in [9.17, 15) is 8.78 Å². The zero-order chi connectivity index (χ0) is 27.3. The normalized spacial score (nSPS) is 9.33. The number of hydrogen-bond acceptors (Lipinski definition) is 4. The third kappa shape index (κ3) is 10.1. The lowest BCUT2D eigenvalue weighted by Gasteiger charge is -2.07. The number of nitrogens with one attached hydrogen (secondary N) is 1. The van der Waals surface area contributed by atoms with E-state index in [0.29, 0.717) is 10.0 Å². The van der Waals surface area contributed by atoms with E-state index >= 15 is 0 Å². The van der Waals surface area contributed by atoms with Crippen LogP contribution >= 0.6 is 31.9 Å². The molecule has 4 rings (SSSR count). The zero-order valence-electron chi connectivity index (χ0n) is 20.6. The molecule has 0 bridgehead atoms. The average molecular weight is 623 g/mol. The summed E-state index contributed by atoms with van der Waals surface area (Å²) >= 11 is 6.48. The summed E-state index contributed by atoms with van der Waals surface area (Å²) in [6, 6.07) is 13.8. The minimum atomic E-state index is -1.00. The number of alkyl halides is 1. The Labute approximate surface area is 229 Å². The van der Waals surface area contributed by atoms with E-state index in [1.165, 1.54) is 12.1 Å². The first-order valence-corrected chi connectivity index (χ1v) is 11.6. The molecule has 10 heteroatoms. The lowest BCUT2D eigenvalue weighted by Crippen LogP contribution is -1.98. The van der Waals surface area contributed by atoms with Gasteiger partial charge in [-0.15, -0.1) is 0 Å². The summed E-state index contributed by atoms with van der Waals surface area (Å²) in [7, 11) is -1.00. The van der Waals surface area contributed by atoms with Crippen LogP contribution in [0.25, 0.3) is 5.69 Å². The van der Waals surface area contributed by atoms with Gasteiger partial charge >= 0.3 is 0 Å². The van der Waals surface area contributed by atoms with E-state index in [1.54, 1.807) is 12.1 Å². The molecule has 2 aromatic carbocycles. The molecule has 0 radical (unpaired) electrons. The van der Waals surface area contributed by atoms with Gasteiger partial charge in [-0.1, -0.05) is 39.3 Å². The van der Waals surface area contributed by atoms with Gasteiger partial charge in [0.05, 0.1) is 31.0 Å². The summed E-state index contributed by atoms with van der Waals surface area (Å²) in [5.41, 5.74) is 3.63. The highest BCUT2D eigenvalue weighted by molar-refractivity contribution is 9.10. The third-order valence-electron chi connectivity index (χ3n) is 4.22. The van der Waals surface area contributed by atoms with Crippen LogP contribution in [0.1, 0.15) is 43.0 Å². The molecule has 0 fully saturated rings. The molecule has 0 atom stereocenters. The molecule has 4 aromatic rings. The van der Waals surface area contributed by atoms with Gasteiger partial charge in [0, 0.05) is 27.0 Å². The molecule has 2 aromatic heterocycles.